The molecular weight excluding hydrogens is 230 g/mol. The predicted molar refractivity (Wildman–Crippen MR) is 67.5 cm³/mol. The summed E-state index contributed by atoms with van der Waals surface area (Å²) in [5, 5.41) is 2.95. The number of hydrogen-bond donors (Lipinski definition) is 1. The molecule has 1 N–H and O–H groups in total. The van der Waals surface area contributed by atoms with Gasteiger partial charge < -0.3 is 5.32 Å². The number of anilines is 1. The van der Waals surface area contributed by atoms with Gasteiger partial charge in [0.1, 0.15) is 6.04 Å². The lowest BCUT2D eigenvalue weighted by molar-refractivity contribution is -0.121. The zero-order valence-electron chi connectivity index (χ0n) is 10.2. The summed E-state index contributed by atoms with van der Waals surface area (Å²) in [6.45, 7) is 3.69. The monoisotopic (exact) mass is 243 g/mol. The maximum atomic E-state index is 12.2. The third-order valence-corrected chi connectivity index (χ3v) is 3.23. The molecule has 92 valence electrons. The number of rotatable bonds is 1. The van der Waals surface area contributed by atoms with E-state index in [-0.39, 0.29) is 11.8 Å². The fourth-order valence-electron chi connectivity index (χ4n) is 2.42. The van der Waals surface area contributed by atoms with E-state index in [2.05, 4.69) is 10.3 Å². The molecule has 1 aromatic carbocycles. The number of amides is 2. The summed E-state index contributed by atoms with van der Waals surface area (Å²) in [5.74, 6) is 0.173. The van der Waals surface area contributed by atoms with Crippen molar-refractivity contribution >= 4 is 23.3 Å². The number of nitrogens with one attached hydrogen (secondary N) is 1. The molecule has 0 aliphatic carbocycles. The van der Waals surface area contributed by atoms with Crippen LogP contribution in [0.4, 0.5) is 5.69 Å². The van der Waals surface area contributed by atoms with Crippen LogP contribution in [0.3, 0.4) is 0 Å². The number of hydrogen-bond acceptors (Lipinski definition) is 4. The van der Waals surface area contributed by atoms with Crippen LogP contribution in [0.2, 0.25) is 0 Å². The summed E-state index contributed by atoms with van der Waals surface area (Å²) >= 11 is 0. The molecule has 2 amide bonds. The zero-order chi connectivity index (χ0) is 12.9. The van der Waals surface area contributed by atoms with Gasteiger partial charge in [0.25, 0.3) is 11.8 Å². The molecule has 2 heterocycles. The van der Waals surface area contributed by atoms with Crippen LogP contribution in [0.15, 0.2) is 29.3 Å². The topological polar surface area (TPSA) is 61.8 Å². The highest BCUT2D eigenvalue weighted by Gasteiger charge is 2.51. The van der Waals surface area contributed by atoms with Crippen LogP contribution in [0.5, 0.6) is 0 Å². The van der Waals surface area contributed by atoms with Gasteiger partial charge in [0, 0.05) is 0 Å². The number of carbonyl (C=O) groups excluding carboxylic acids is 2. The first-order valence-electron chi connectivity index (χ1n) is 5.83. The van der Waals surface area contributed by atoms with Gasteiger partial charge in [-0.25, -0.2) is 4.90 Å². The van der Waals surface area contributed by atoms with Crippen molar-refractivity contribution in [3.05, 3.63) is 29.8 Å². The molecule has 0 radical (unpaired) electrons. The molecule has 2 aliphatic heterocycles. The summed E-state index contributed by atoms with van der Waals surface area (Å²) < 4.78 is 0. The van der Waals surface area contributed by atoms with E-state index >= 15 is 0 Å². The van der Waals surface area contributed by atoms with Crippen LogP contribution in [0, 0.1) is 6.92 Å². The Labute approximate surface area is 105 Å². The molecule has 0 spiro atoms. The van der Waals surface area contributed by atoms with Gasteiger partial charge >= 0.3 is 0 Å². The Kier molecular flexibility index (Phi) is 2.23. The van der Waals surface area contributed by atoms with Crippen molar-refractivity contribution in [3.63, 3.8) is 0 Å². The molecule has 1 aromatic rings. The lowest BCUT2D eigenvalue weighted by atomic mass is 10.2. The van der Waals surface area contributed by atoms with Gasteiger partial charge in [-0.15, -0.1) is 0 Å². The molecule has 2 atom stereocenters. The summed E-state index contributed by atoms with van der Waals surface area (Å²) in [4.78, 5) is 29.8. The number of benzene rings is 1. The largest absolute Gasteiger partial charge is 0.360 e. The number of carbonyl (C=O) groups is 2. The molecule has 0 bridgehead atoms. The van der Waals surface area contributed by atoms with E-state index in [4.69, 9.17) is 0 Å². The maximum Gasteiger partial charge on any atom is 0.261 e. The first-order valence-corrected chi connectivity index (χ1v) is 5.83. The average Bonchev–Trinajstić information content (AvgIpc) is 2.79. The van der Waals surface area contributed by atoms with Crippen LogP contribution in [0.1, 0.15) is 12.5 Å². The molecular formula is C13H13N3O2. The molecule has 0 aromatic heterocycles. The number of nitrogens with zero attached hydrogens (tertiary/aromatic N) is 2. The molecule has 0 unspecified atom stereocenters. The van der Waals surface area contributed by atoms with E-state index in [0.717, 1.165) is 5.56 Å². The van der Waals surface area contributed by atoms with Crippen molar-refractivity contribution in [2.45, 2.75) is 25.9 Å². The van der Waals surface area contributed by atoms with Crippen LogP contribution in [0.25, 0.3) is 0 Å². The Morgan fingerprint density at radius 1 is 1.22 bits per heavy atom. The highest BCUT2D eigenvalue weighted by atomic mass is 16.2. The minimum Gasteiger partial charge on any atom is -0.360 e. The Hall–Kier alpha value is -2.17. The van der Waals surface area contributed by atoms with Crippen molar-refractivity contribution in [1.82, 2.24) is 5.32 Å². The van der Waals surface area contributed by atoms with Gasteiger partial charge in [-0.1, -0.05) is 12.1 Å². The highest BCUT2D eigenvalue weighted by molar-refractivity contribution is 6.27. The lowest BCUT2D eigenvalue weighted by Crippen LogP contribution is -2.39. The number of aliphatic imine (C=N–C) groups is 1. The Bertz CT molecular complexity index is 579. The number of amidine groups is 1. The molecule has 18 heavy (non-hydrogen) atoms. The smallest absolute Gasteiger partial charge is 0.261 e. The highest BCUT2D eigenvalue weighted by Crippen LogP contribution is 2.27. The second-order valence-electron chi connectivity index (χ2n) is 4.63. The zero-order valence-corrected chi connectivity index (χ0v) is 10.2. The summed E-state index contributed by atoms with van der Waals surface area (Å²) in [7, 11) is 0. The number of aryl methyl sites for hydroxylation is 1. The Morgan fingerprint density at radius 2 is 2.00 bits per heavy atom. The molecule has 0 saturated carbocycles. The van der Waals surface area contributed by atoms with Crippen molar-refractivity contribution in [1.29, 1.82) is 0 Å². The van der Waals surface area contributed by atoms with Crippen LogP contribution < -0.4 is 10.2 Å². The quantitative estimate of drug-likeness (QED) is 0.736. The van der Waals surface area contributed by atoms with E-state index in [1.54, 1.807) is 13.0 Å². The Balaban J connectivity index is 2.00. The minimum atomic E-state index is -0.599. The number of fused-ring (bicyclic) bond motifs is 1. The summed E-state index contributed by atoms with van der Waals surface area (Å²) in [6.07, 6.45) is 0. The van der Waals surface area contributed by atoms with Gasteiger partial charge in [-0.3, -0.25) is 14.6 Å². The van der Waals surface area contributed by atoms with Gasteiger partial charge in [-0.2, -0.15) is 0 Å². The van der Waals surface area contributed by atoms with Crippen molar-refractivity contribution < 1.29 is 9.59 Å². The second-order valence-corrected chi connectivity index (χ2v) is 4.63. The predicted octanol–water partition coefficient (Wildman–Crippen LogP) is 0.627. The van der Waals surface area contributed by atoms with Crippen LogP contribution >= 0.6 is 0 Å². The molecule has 2 aliphatic rings. The summed E-state index contributed by atoms with van der Waals surface area (Å²) in [5.41, 5.74) is 1.63. The van der Waals surface area contributed by atoms with E-state index in [1.165, 1.54) is 4.90 Å². The fraction of sp³-hybridized carbons (Fsp3) is 0.308. The first kappa shape index (κ1) is 11.0. The molecule has 5 nitrogen and oxygen atoms in total. The average molecular weight is 243 g/mol. The maximum absolute atomic E-state index is 12.2. The normalized spacial score (nSPS) is 26.1. The van der Waals surface area contributed by atoms with E-state index in [9.17, 15) is 9.59 Å². The minimum absolute atomic E-state index is 0.226. The number of imide groups is 1. The van der Waals surface area contributed by atoms with Gasteiger partial charge in [-0.05, 0) is 31.5 Å². The van der Waals surface area contributed by atoms with Crippen molar-refractivity contribution in [2.75, 3.05) is 4.90 Å². The van der Waals surface area contributed by atoms with Crippen molar-refractivity contribution in [2.24, 2.45) is 4.99 Å². The lowest BCUT2D eigenvalue weighted by Gasteiger charge is -2.15. The SMILES string of the molecule is CC1=N[C@@H]2C(=O)N(c3cccc(C)c3)C(=O)[C@H]2N1. The van der Waals surface area contributed by atoms with Crippen LogP contribution in [-0.4, -0.2) is 29.7 Å². The van der Waals surface area contributed by atoms with E-state index in [0.29, 0.717) is 11.5 Å². The fourth-order valence-corrected chi connectivity index (χ4v) is 2.42. The van der Waals surface area contributed by atoms with E-state index < -0.39 is 12.1 Å². The van der Waals surface area contributed by atoms with Gasteiger partial charge in [0.2, 0.25) is 0 Å². The third-order valence-electron chi connectivity index (χ3n) is 3.23. The molecule has 5 heteroatoms. The Morgan fingerprint density at radius 3 is 2.67 bits per heavy atom. The first-order chi connectivity index (χ1) is 8.58. The van der Waals surface area contributed by atoms with Crippen molar-refractivity contribution in [3.8, 4) is 0 Å². The second kappa shape index (κ2) is 3.66. The van der Waals surface area contributed by atoms with Gasteiger partial charge in [0.15, 0.2) is 6.04 Å². The standard InChI is InChI=1S/C13H13N3O2/c1-7-4-3-5-9(6-7)16-12(17)10-11(13(16)18)15-8(2)14-10/h3-6,10-11H,1-2H3,(H,14,15)/t10-,11-/m0/s1. The molecule has 1 saturated heterocycles. The van der Waals surface area contributed by atoms with Crippen LogP contribution in [-0.2, 0) is 9.59 Å². The molecule has 1 fully saturated rings. The van der Waals surface area contributed by atoms with Gasteiger partial charge in [0.05, 0.1) is 11.5 Å². The molecule has 3 rings (SSSR count). The third kappa shape index (κ3) is 1.44. The van der Waals surface area contributed by atoms with E-state index in [1.807, 2.05) is 25.1 Å². The summed E-state index contributed by atoms with van der Waals surface area (Å²) in [6, 6.07) is 6.22.